The molecule has 1 rings (SSSR count). The second-order valence-electron chi connectivity index (χ2n) is 2.97. The van der Waals surface area contributed by atoms with E-state index in [-0.39, 0.29) is 6.61 Å². The first-order valence-corrected chi connectivity index (χ1v) is 5.65. The number of esters is 1. The predicted octanol–water partition coefficient (Wildman–Crippen LogP) is 2.47. The lowest BCUT2D eigenvalue weighted by atomic mass is 10.2. The molecule has 0 aromatic heterocycles. The molecule has 0 fully saturated rings. The fourth-order valence-electron chi connectivity index (χ4n) is 1.08. The first-order chi connectivity index (χ1) is 8.26. The SMILES string of the molecule is COc1cccc(COC(=O)C=CSC#N)c1. The number of carbonyl (C=O) groups excluding carboxylic acids is 1. The highest BCUT2D eigenvalue weighted by molar-refractivity contribution is 8.06. The number of ether oxygens (including phenoxy) is 2. The highest BCUT2D eigenvalue weighted by Gasteiger charge is 2.00. The van der Waals surface area contributed by atoms with Crippen molar-refractivity contribution in [3.05, 3.63) is 41.3 Å². The van der Waals surface area contributed by atoms with Crippen LogP contribution in [-0.4, -0.2) is 13.1 Å². The highest BCUT2D eigenvalue weighted by Crippen LogP contribution is 2.13. The summed E-state index contributed by atoms with van der Waals surface area (Å²) in [4.78, 5) is 11.2. The third-order valence-electron chi connectivity index (χ3n) is 1.84. The highest BCUT2D eigenvalue weighted by atomic mass is 32.2. The number of methoxy groups -OCH3 is 1. The molecule has 0 aliphatic heterocycles. The molecular weight excluding hydrogens is 238 g/mol. The summed E-state index contributed by atoms with van der Waals surface area (Å²) in [6.07, 6.45) is 1.22. The number of benzene rings is 1. The second kappa shape index (κ2) is 7.36. The minimum absolute atomic E-state index is 0.178. The van der Waals surface area contributed by atoms with Crippen LogP contribution in [0.1, 0.15) is 5.56 Å². The molecule has 0 atom stereocenters. The lowest BCUT2D eigenvalue weighted by Crippen LogP contribution is -2.00. The summed E-state index contributed by atoms with van der Waals surface area (Å²) in [7, 11) is 1.58. The van der Waals surface area contributed by atoms with Gasteiger partial charge in [0, 0.05) is 6.08 Å². The minimum Gasteiger partial charge on any atom is -0.497 e. The Morgan fingerprint density at radius 1 is 1.59 bits per heavy atom. The van der Waals surface area contributed by atoms with Crippen molar-refractivity contribution in [1.82, 2.24) is 0 Å². The number of hydrogen-bond donors (Lipinski definition) is 0. The van der Waals surface area contributed by atoms with Crippen molar-refractivity contribution in [2.24, 2.45) is 0 Å². The van der Waals surface area contributed by atoms with Crippen LogP contribution in [0.15, 0.2) is 35.7 Å². The van der Waals surface area contributed by atoms with Gasteiger partial charge in [0.25, 0.3) is 0 Å². The summed E-state index contributed by atoms with van der Waals surface area (Å²) in [6, 6.07) is 7.27. The van der Waals surface area contributed by atoms with Crippen LogP contribution in [0, 0.1) is 10.7 Å². The summed E-state index contributed by atoms with van der Waals surface area (Å²) in [5.74, 6) is 0.240. The van der Waals surface area contributed by atoms with Gasteiger partial charge < -0.3 is 9.47 Å². The Labute approximate surface area is 104 Å². The van der Waals surface area contributed by atoms with Gasteiger partial charge in [-0.2, -0.15) is 5.26 Å². The van der Waals surface area contributed by atoms with E-state index >= 15 is 0 Å². The van der Waals surface area contributed by atoms with Gasteiger partial charge in [0.1, 0.15) is 17.8 Å². The van der Waals surface area contributed by atoms with Gasteiger partial charge in [0.2, 0.25) is 0 Å². The van der Waals surface area contributed by atoms with Crippen molar-refractivity contribution < 1.29 is 14.3 Å². The smallest absolute Gasteiger partial charge is 0.331 e. The molecule has 88 valence electrons. The Morgan fingerprint density at radius 3 is 3.12 bits per heavy atom. The normalized spacial score (nSPS) is 9.88. The number of hydrogen-bond acceptors (Lipinski definition) is 5. The topological polar surface area (TPSA) is 59.3 Å². The predicted molar refractivity (Wildman–Crippen MR) is 65.1 cm³/mol. The van der Waals surface area contributed by atoms with Crippen LogP contribution in [-0.2, 0) is 16.1 Å². The summed E-state index contributed by atoms with van der Waals surface area (Å²) < 4.78 is 10.0. The molecule has 4 nitrogen and oxygen atoms in total. The zero-order valence-corrected chi connectivity index (χ0v) is 10.1. The Hall–Kier alpha value is -1.93. The molecule has 0 radical (unpaired) electrons. The van der Waals surface area contributed by atoms with Crippen molar-refractivity contribution in [2.45, 2.75) is 6.61 Å². The van der Waals surface area contributed by atoms with Crippen LogP contribution in [0.3, 0.4) is 0 Å². The number of rotatable bonds is 5. The molecule has 0 saturated carbocycles. The van der Waals surface area contributed by atoms with Crippen LogP contribution < -0.4 is 4.74 Å². The lowest BCUT2D eigenvalue weighted by molar-refractivity contribution is -0.138. The lowest BCUT2D eigenvalue weighted by Gasteiger charge is -2.04. The van der Waals surface area contributed by atoms with E-state index in [4.69, 9.17) is 14.7 Å². The molecule has 0 aliphatic rings. The molecule has 0 amide bonds. The van der Waals surface area contributed by atoms with Gasteiger partial charge in [-0.05, 0) is 34.9 Å². The van der Waals surface area contributed by atoms with Gasteiger partial charge in [-0.3, -0.25) is 0 Å². The molecule has 5 heteroatoms. The van der Waals surface area contributed by atoms with Crippen molar-refractivity contribution in [2.75, 3.05) is 7.11 Å². The standard InChI is InChI=1S/C12H11NO3S/c1-15-11-4-2-3-10(7-11)8-16-12(14)5-6-17-9-13/h2-7H,8H2,1H3. The van der Waals surface area contributed by atoms with E-state index < -0.39 is 5.97 Å². The average Bonchev–Trinajstić information content (AvgIpc) is 2.37. The third kappa shape index (κ3) is 5.09. The van der Waals surface area contributed by atoms with E-state index in [1.54, 1.807) is 13.2 Å². The maximum atomic E-state index is 11.2. The molecule has 17 heavy (non-hydrogen) atoms. The maximum Gasteiger partial charge on any atom is 0.331 e. The number of thioether (sulfide) groups is 1. The largest absolute Gasteiger partial charge is 0.497 e. The van der Waals surface area contributed by atoms with Crippen molar-refractivity contribution >= 4 is 17.7 Å². The molecule has 0 heterocycles. The van der Waals surface area contributed by atoms with Gasteiger partial charge in [-0.1, -0.05) is 12.1 Å². The van der Waals surface area contributed by atoms with Crippen LogP contribution in [0.2, 0.25) is 0 Å². The summed E-state index contributed by atoms with van der Waals surface area (Å²) in [6.45, 7) is 0.178. The summed E-state index contributed by atoms with van der Waals surface area (Å²) in [5.41, 5.74) is 0.846. The van der Waals surface area contributed by atoms with E-state index in [1.165, 1.54) is 11.5 Å². The van der Waals surface area contributed by atoms with E-state index in [9.17, 15) is 4.79 Å². The minimum atomic E-state index is -0.476. The molecule has 0 saturated heterocycles. The van der Waals surface area contributed by atoms with Crippen LogP contribution in [0.25, 0.3) is 0 Å². The Balaban J connectivity index is 2.44. The van der Waals surface area contributed by atoms with Crippen LogP contribution >= 0.6 is 11.8 Å². The van der Waals surface area contributed by atoms with Gasteiger partial charge in [-0.15, -0.1) is 0 Å². The molecule has 0 aliphatic carbocycles. The van der Waals surface area contributed by atoms with Gasteiger partial charge >= 0.3 is 5.97 Å². The zero-order chi connectivity index (χ0) is 12.5. The summed E-state index contributed by atoms with van der Waals surface area (Å²) in [5, 5.41) is 11.4. The first kappa shape index (κ1) is 13.1. The zero-order valence-electron chi connectivity index (χ0n) is 9.25. The van der Waals surface area contributed by atoms with Gasteiger partial charge in [0.15, 0.2) is 0 Å². The molecular formula is C12H11NO3S. The number of carbonyl (C=O) groups is 1. The van der Waals surface area contributed by atoms with Gasteiger partial charge in [0.05, 0.1) is 7.11 Å². The van der Waals surface area contributed by atoms with E-state index in [1.807, 2.05) is 23.6 Å². The number of nitrogens with zero attached hydrogens (tertiary/aromatic N) is 1. The average molecular weight is 249 g/mol. The van der Waals surface area contributed by atoms with Crippen molar-refractivity contribution in [1.29, 1.82) is 5.26 Å². The maximum absolute atomic E-state index is 11.2. The number of thiocyanates is 1. The molecule has 1 aromatic rings. The van der Waals surface area contributed by atoms with E-state index in [0.29, 0.717) is 5.75 Å². The molecule has 0 N–H and O–H groups in total. The second-order valence-corrected chi connectivity index (χ2v) is 3.66. The monoisotopic (exact) mass is 249 g/mol. The molecule has 0 spiro atoms. The van der Waals surface area contributed by atoms with Crippen LogP contribution in [0.5, 0.6) is 5.75 Å². The molecule has 0 unspecified atom stereocenters. The fourth-order valence-corrected chi connectivity index (χ4v) is 1.32. The summed E-state index contributed by atoms with van der Waals surface area (Å²) >= 11 is 0.868. The van der Waals surface area contributed by atoms with Crippen molar-refractivity contribution in [3.63, 3.8) is 0 Å². The first-order valence-electron chi connectivity index (χ1n) is 4.77. The Kier molecular flexibility index (Phi) is 5.69. The van der Waals surface area contributed by atoms with Gasteiger partial charge in [-0.25, -0.2) is 4.79 Å². The quantitative estimate of drug-likeness (QED) is 0.456. The Morgan fingerprint density at radius 2 is 2.41 bits per heavy atom. The van der Waals surface area contributed by atoms with E-state index in [0.717, 1.165) is 17.3 Å². The fraction of sp³-hybridized carbons (Fsp3) is 0.167. The molecule has 1 aromatic carbocycles. The van der Waals surface area contributed by atoms with Crippen molar-refractivity contribution in [3.8, 4) is 11.2 Å². The van der Waals surface area contributed by atoms with Crippen LogP contribution in [0.4, 0.5) is 0 Å². The third-order valence-corrected chi connectivity index (χ3v) is 2.22. The van der Waals surface area contributed by atoms with E-state index in [2.05, 4.69) is 0 Å². The number of nitriles is 1. The molecule has 0 bridgehead atoms. The Bertz CT molecular complexity index is 451.